The molecule has 0 aliphatic carbocycles. The summed E-state index contributed by atoms with van der Waals surface area (Å²) in [6, 6.07) is 9.93. The number of carbonyl (C=O) groups is 1. The molecule has 0 heterocycles. The first-order chi connectivity index (χ1) is 6.49. The molecule has 0 saturated heterocycles. The fraction of sp³-hybridized carbons (Fsp3) is 0.364. The summed E-state index contributed by atoms with van der Waals surface area (Å²) in [5, 5.41) is 8.71. The zero-order chi connectivity index (χ0) is 10.6. The van der Waals surface area contributed by atoms with E-state index < -0.39 is 5.97 Å². The number of benzene rings is 1. The molecule has 3 heteroatoms. The summed E-state index contributed by atoms with van der Waals surface area (Å²) in [5.74, 6) is -0.758. The smallest absolute Gasteiger partial charge is 0.359 e. The minimum Gasteiger partial charge on any atom is -0.477 e. The highest BCUT2D eigenvalue weighted by Crippen LogP contribution is 2.08. The SMILES string of the molecule is C[N+](C)(CC(=O)O)Cc1ccccc1. The third kappa shape index (κ3) is 3.58. The fourth-order valence-electron chi connectivity index (χ4n) is 1.50. The second-order valence-electron chi connectivity index (χ2n) is 4.13. The number of nitrogens with zero attached hydrogens (tertiary/aromatic N) is 1. The Kier molecular flexibility index (Phi) is 3.25. The van der Waals surface area contributed by atoms with E-state index in [0.29, 0.717) is 4.48 Å². The summed E-state index contributed by atoms with van der Waals surface area (Å²) in [6.45, 7) is 0.891. The molecular formula is C11H16NO2+. The van der Waals surface area contributed by atoms with Gasteiger partial charge in [-0.25, -0.2) is 4.79 Å². The zero-order valence-electron chi connectivity index (χ0n) is 8.60. The van der Waals surface area contributed by atoms with Crippen molar-refractivity contribution in [1.82, 2.24) is 0 Å². The van der Waals surface area contributed by atoms with Crippen LogP contribution in [-0.4, -0.2) is 36.2 Å². The first-order valence-electron chi connectivity index (χ1n) is 4.57. The van der Waals surface area contributed by atoms with Gasteiger partial charge in [-0.2, -0.15) is 0 Å². The number of aliphatic carboxylic acids is 1. The number of likely N-dealkylation sites (N-methyl/N-ethyl adjacent to an activating group) is 1. The first-order valence-corrected chi connectivity index (χ1v) is 4.57. The third-order valence-corrected chi connectivity index (χ3v) is 2.02. The molecule has 0 bridgehead atoms. The van der Waals surface area contributed by atoms with Crippen LogP contribution in [-0.2, 0) is 11.3 Å². The minimum atomic E-state index is -0.758. The van der Waals surface area contributed by atoms with Crippen LogP contribution in [0, 0.1) is 0 Å². The van der Waals surface area contributed by atoms with Gasteiger partial charge in [0.1, 0.15) is 6.54 Å². The molecule has 0 radical (unpaired) electrons. The molecule has 14 heavy (non-hydrogen) atoms. The Morgan fingerprint density at radius 3 is 2.36 bits per heavy atom. The molecule has 0 saturated carbocycles. The summed E-state index contributed by atoms with van der Waals surface area (Å²) in [6.07, 6.45) is 0. The van der Waals surface area contributed by atoms with Crippen LogP contribution in [0.1, 0.15) is 5.56 Å². The molecule has 0 aliphatic rings. The van der Waals surface area contributed by atoms with Gasteiger partial charge in [-0.3, -0.25) is 0 Å². The summed E-state index contributed by atoms with van der Waals surface area (Å²) in [4.78, 5) is 10.6. The molecule has 1 N–H and O–H groups in total. The van der Waals surface area contributed by atoms with Gasteiger partial charge >= 0.3 is 5.97 Å². The quantitative estimate of drug-likeness (QED) is 0.734. The predicted molar refractivity (Wildman–Crippen MR) is 54.8 cm³/mol. The van der Waals surface area contributed by atoms with Crippen molar-refractivity contribution in [1.29, 1.82) is 0 Å². The van der Waals surface area contributed by atoms with Crippen LogP contribution < -0.4 is 0 Å². The maximum absolute atomic E-state index is 10.6. The highest BCUT2D eigenvalue weighted by atomic mass is 16.4. The normalized spacial score (nSPS) is 11.3. The van der Waals surface area contributed by atoms with Crippen LogP contribution in [0.2, 0.25) is 0 Å². The minimum absolute atomic E-state index is 0.148. The number of carboxylic acids is 1. The average Bonchev–Trinajstić information content (AvgIpc) is 2.02. The van der Waals surface area contributed by atoms with Crippen molar-refractivity contribution in [3.05, 3.63) is 35.9 Å². The van der Waals surface area contributed by atoms with E-state index in [4.69, 9.17) is 5.11 Å². The van der Waals surface area contributed by atoms with Crippen molar-refractivity contribution in [2.24, 2.45) is 0 Å². The predicted octanol–water partition coefficient (Wildman–Crippen LogP) is 1.35. The van der Waals surface area contributed by atoms with E-state index in [9.17, 15) is 4.79 Å². The van der Waals surface area contributed by atoms with Gasteiger partial charge in [0.15, 0.2) is 6.54 Å². The van der Waals surface area contributed by atoms with Crippen molar-refractivity contribution >= 4 is 5.97 Å². The Morgan fingerprint density at radius 1 is 1.29 bits per heavy atom. The Balaban J connectivity index is 2.63. The average molecular weight is 194 g/mol. The molecular weight excluding hydrogens is 178 g/mol. The van der Waals surface area contributed by atoms with Gasteiger partial charge in [0.05, 0.1) is 14.1 Å². The fourth-order valence-corrected chi connectivity index (χ4v) is 1.50. The van der Waals surface area contributed by atoms with Crippen molar-refractivity contribution in [2.75, 3.05) is 20.6 Å². The molecule has 1 rings (SSSR count). The van der Waals surface area contributed by atoms with Crippen LogP contribution in [0.4, 0.5) is 0 Å². The number of rotatable bonds is 4. The molecule has 0 aliphatic heterocycles. The van der Waals surface area contributed by atoms with Crippen molar-refractivity contribution in [2.45, 2.75) is 6.54 Å². The molecule has 3 nitrogen and oxygen atoms in total. The van der Waals surface area contributed by atoms with Gasteiger partial charge in [0.2, 0.25) is 0 Å². The van der Waals surface area contributed by atoms with Crippen molar-refractivity contribution < 1.29 is 14.4 Å². The number of carboxylic acid groups (broad SMARTS) is 1. The molecule has 0 atom stereocenters. The second-order valence-corrected chi connectivity index (χ2v) is 4.13. The molecule has 1 aromatic carbocycles. The third-order valence-electron chi connectivity index (χ3n) is 2.02. The van der Waals surface area contributed by atoms with E-state index in [2.05, 4.69) is 0 Å². The van der Waals surface area contributed by atoms with E-state index in [-0.39, 0.29) is 6.54 Å². The van der Waals surface area contributed by atoms with Gasteiger partial charge in [0.25, 0.3) is 0 Å². The highest BCUT2D eigenvalue weighted by Gasteiger charge is 2.19. The molecule has 76 valence electrons. The maximum atomic E-state index is 10.6. The standard InChI is InChI=1S/C11H15NO2/c1-12(2,9-11(13)14)8-10-6-4-3-5-7-10/h3-7H,8-9H2,1-2H3/p+1. The van der Waals surface area contributed by atoms with E-state index in [1.165, 1.54) is 5.56 Å². The van der Waals surface area contributed by atoms with E-state index in [1.54, 1.807) is 0 Å². The lowest BCUT2D eigenvalue weighted by Crippen LogP contribution is -2.42. The first kappa shape index (κ1) is 10.7. The number of hydrogen-bond acceptors (Lipinski definition) is 1. The summed E-state index contributed by atoms with van der Waals surface area (Å²) in [7, 11) is 3.84. The summed E-state index contributed by atoms with van der Waals surface area (Å²) >= 11 is 0. The van der Waals surface area contributed by atoms with Crippen molar-refractivity contribution in [3.8, 4) is 0 Å². The lowest BCUT2D eigenvalue weighted by Gasteiger charge is -2.27. The highest BCUT2D eigenvalue weighted by molar-refractivity contribution is 5.67. The molecule has 0 fully saturated rings. The van der Waals surface area contributed by atoms with E-state index in [0.717, 1.165) is 6.54 Å². The molecule has 0 amide bonds. The summed E-state index contributed by atoms with van der Waals surface area (Å²) in [5.41, 5.74) is 1.17. The lowest BCUT2D eigenvalue weighted by atomic mass is 10.2. The lowest BCUT2D eigenvalue weighted by molar-refractivity contribution is -0.896. The Labute approximate surface area is 84.2 Å². The van der Waals surface area contributed by atoms with Gasteiger partial charge < -0.3 is 9.59 Å². The number of hydrogen-bond donors (Lipinski definition) is 1. The second kappa shape index (κ2) is 4.24. The van der Waals surface area contributed by atoms with Gasteiger partial charge in [-0.15, -0.1) is 0 Å². The maximum Gasteiger partial charge on any atom is 0.359 e. The van der Waals surface area contributed by atoms with E-state index in [1.807, 2.05) is 44.4 Å². The van der Waals surface area contributed by atoms with Crippen molar-refractivity contribution in [3.63, 3.8) is 0 Å². The Bertz CT molecular complexity index is 306. The van der Waals surface area contributed by atoms with Gasteiger partial charge in [-0.05, 0) is 0 Å². The molecule has 1 aromatic rings. The van der Waals surface area contributed by atoms with Gasteiger partial charge in [0, 0.05) is 5.56 Å². The summed E-state index contributed by atoms with van der Waals surface area (Å²) < 4.78 is 0.472. The topological polar surface area (TPSA) is 37.3 Å². The van der Waals surface area contributed by atoms with E-state index >= 15 is 0 Å². The van der Waals surface area contributed by atoms with Crippen LogP contribution in [0.3, 0.4) is 0 Å². The molecule has 0 spiro atoms. The zero-order valence-corrected chi connectivity index (χ0v) is 8.60. The number of quaternary nitrogens is 1. The van der Waals surface area contributed by atoms with Crippen LogP contribution in [0.15, 0.2) is 30.3 Å². The monoisotopic (exact) mass is 194 g/mol. The van der Waals surface area contributed by atoms with Gasteiger partial charge in [-0.1, -0.05) is 30.3 Å². The van der Waals surface area contributed by atoms with Crippen LogP contribution in [0.25, 0.3) is 0 Å². The Morgan fingerprint density at radius 2 is 1.86 bits per heavy atom. The van der Waals surface area contributed by atoms with Crippen LogP contribution >= 0.6 is 0 Å². The van der Waals surface area contributed by atoms with Crippen LogP contribution in [0.5, 0.6) is 0 Å². The molecule has 0 aromatic heterocycles. The molecule has 0 unspecified atom stereocenters. The Hall–Kier alpha value is -1.35. The largest absolute Gasteiger partial charge is 0.477 e.